The lowest BCUT2D eigenvalue weighted by Crippen LogP contribution is -2.46. The number of carbonyl (C=O) groups excluding carboxylic acids is 2. The Hall–Kier alpha value is -2.62. The van der Waals surface area contributed by atoms with Crippen molar-refractivity contribution in [3.05, 3.63) is 51.2 Å². The first-order chi connectivity index (χ1) is 16.9. The maximum atomic E-state index is 13.2. The van der Waals surface area contributed by atoms with Gasteiger partial charge < -0.3 is 19.4 Å². The maximum absolute atomic E-state index is 13.2. The van der Waals surface area contributed by atoms with Crippen LogP contribution in [0.3, 0.4) is 0 Å². The van der Waals surface area contributed by atoms with E-state index in [-0.39, 0.29) is 41.2 Å². The van der Waals surface area contributed by atoms with Crippen LogP contribution in [-0.2, 0) is 38.6 Å². The Morgan fingerprint density at radius 2 is 2.03 bits per heavy atom. The molecule has 0 spiro atoms. The molecular weight excluding hydrogens is 448 g/mol. The highest BCUT2D eigenvalue weighted by Gasteiger charge is 2.39. The highest BCUT2D eigenvalue weighted by molar-refractivity contribution is 6.00. The number of fused-ring (bicyclic) bond motifs is 1. The van der Waals surface area contributed by atoms with Gasteiger partial charge in [0, 0.05) is 37.5 Å². The molecule has 0 aromatic carbocycles. The van der Waals surface area contributed by atoms with Gasteiger partial charge in [-0.15, -0.1) is 0 Å². The van der Waals surface area contributed by atoms with Crippen LogP contribution in [0, 0.1) is 11.8 Å². The number of likely N-dealkylation sites (tertiary alicyclic amines) is 2. The van der Waals surface area contributed by atoms with Crippen molar-refractivity contribution in [1.29, 1.82) is 0 Å². The molecule has 2 saturated heterocycles. The molecule has 4 heterocycles. The number of aromatic nitrogens is 2. The third-order valence-electron chi connectivity index (χ3n) is 7.81. The van der Waals surface area contributed by atoms with Gasteiger partial charge in [-0.1, -0.05) is 25.2 Å². The second kappa shape index (κ2) is 10.2. The van der Waals surface area contributed by atoms with E-state index in [1.54, 1.807) is 12.0 Å². The molecule has 5 rings (SSSR count). The molecule has 2 unspecified atom stereocenters. The monoisotopic (exact) mass is 482 g/mol. The first kappa shape index (κ1) is 24.1. The van der Waals surface area contributed by atoms with E-state index in [0.29, 0.717) is 44.1 Å². The molecule has 0 radical (unpaired) electrons. The van der Waals surface area contributed by atoms with Crippen LogP contribution in [0.1, 0.15) is 43.3 Å². The van der Waals surface area contributed by atoms with Crippen molar-refractivity contribution < 1.29 is 19.1 Å². The average molecular weight is 483 g/mol. The van der Waals surface area contributed by atoms with E-state index in [1.807, 2.05) is 18.2 Å². The maximum Gasteiger partial charge on any atom is 0.256 e. The number of carbonyl (C=O) groups is 2. The number of nitrogens with zero attached hydrogens (tertiary/aromatic N) is 3. The molecule has 188 valence electrons. The summed E-state index contributed by atoms with van der Waals surface area (Å²) in [5, 5.41) is 0. The molecule has 3 aliphatic heterocycles. The van der Waals surface area contributed by atoms with Gasteiger partial charge in [-0.25, -0.2) is 4.98 Å². The van der Waals surface area contributed by atoms with Crippen LogP contribution in [0.4, 0.5) is 0 Å². The van der Waals surface area contributed by atoms with Crippen LogP contribution in [-0.4, -0.2) is 77.0 Å². The largest absolute Gasteiger partial charge is 0.377 e. The van der Waals surface area contributed by atoms with Crippen molar-refractivity contribution in [2.24, 2.45) is 11.8 Å². The normalized spacial score (nSPS) is 27.7. The fourth-order valence-electron chi connectivity index (χ4n) is 5.74. The topological polar surface area (TPSA) is 105 Å². The zero-order valence-electron chi connectivity index (χ0n) is 20.5. The zero-order chi connectivity index (χ0) is 24.5. The number of nitrogens with one attached hydrogen (secondary N) is 1. The third kappa shape index (κ3) is 4.90. The summed E-state index contributed by atoms with van der Waals surface area (Å²) in [6.45, 7) is 5.35. The van der Waals surface area contributed by atoms with Crippen molar-refractivity contribution >= 4 is 11.7 Å². The van der Waals surface area contributed by atoms with Crippen molar-refractivity contribution in [2.45, 2.75) is 57.9 Å². The van der Waals surface area contributed by atoms with E-state index in [9.17, 15) is 14.4 Å². The lowest BCUT2D eigenvalue weighted by atomic mass is 9.84. The first-order valence-corrected chi connectivity index (χ1v) is 12.6. The fourth-order valence-corrected chi connectivity index (χ4v) is 5.74. The molecule has 1 N–H and O–H groups in total. The zero-order valence-corrected chi connectivity index (χ0v) is 20.5. The minimum atomic E-state index is -0.172. The molecule has 35 heavy (non-hydrogen) atoms. The third-order valence-corrected chi connectivity index (χ3v) is 7.81. The number of amides is 1. The molecule has 4 aliphatic rings. The number of hydrogen-bond acceptors (Lipinski definition) is 7. The van der Waals surface area contributed by atoms with E-state index in [2.05, 4.69) is 21.8 Å². The molecule has 1 aromatic heterocycles. The van der Waals surface area contributed by atoms with Gasteiger partial charge in [-0.3, -0.25) is 19.3 Å². The molecular formula is C26H34N4O5. The van der Waals surface area contributed by atoms with Gasteiger partial charge in [-0.05, 0) is 32.4 Å². The number of allylic oxidation sites excluding steroid dienone is 2. The van der Waals surface area contributed by atoms with E-state index in [4.69, 9.17) is 9.47 Å². The summed E-state index contributed by atoms with van der Waals surface area (Å²) in [7, 11) is 1.69. The molecule has 0 saturated carbocycles. The van der Waals surface area contributed by atoms with Crippen molar-refractivity contribution in [1.82, 2.24) is 19.8 Å². The second-order valence-corrected chi connectivity index (χ2v) is 10.0. The quantitative estimate of drug-likeness (QED) is 0.653. The van der Waals surface area contributed by atoms with Gasteiger partial charge in [0.05, 0.1) is 43.2 Å². The van der Waals surface area contributed by atoms with Crippen LogP contribution in [0.25, 0.3) is 0 Å². The molecule has 9 nitrogen and oxygen atoms in total. The standard InChI is InChI=1S/C26H34N4O5/c1-16-13-18(3-4-22(16)34-2)24(31)17-5-9-29(10-6-17)21-7-11-30(26(21)33)14-23-27-20-8-12-35-15-19(20)25(32)28-23/h3-4,13,16-17,21-22H,5-12,14-15H2,1-2H3,(H,27,28,32)/t16?,21-,22?/m0/s1. The number of rotatable bonds is 6. The van der Waals surface area contributed by atoms with Crippen LogP contribution < -0.4 is 5.56 Å². The Labute approximate surface area is 205 Å². The minimum absolute atomic E-state index is 0.00481. The van der Waals surface area contributed by atoms with Crippen LogP contribution >= 0.6 is 0 Å². The molecule has 1 amide bonds. The van der Waals surface area contributed by atoms with Gasteiger partial charge in [-0.2, -0.15) is 0 Å². The lowest BCUT2D eigenvalue weighted by molar-refractivity contribution is -0.133. The SMILES string of the molecule is COC1C=CC(C(=O)C2CCN([C@H]3CCN(Cc4nc5c(c(=O)[nH]4)COCC5)C3=O)CC2)=CC1C. The van der Waals surface area contributed by atoms with E-state index >= 15 is 0 Å². The van der Waals surface area contributed by atoms with Crippen LogP contribution in [0.2, 0.25) is 0 Å². The first-order valence-electron chi connectivity index (χ1n) is 12.6. The summed E-state index contributed by atoms with van der Waals surface area (Å²) in [5.41, 5.74) is 1.98. The fraction of sp³-hybridized carbons (Fsp3) is 0.615. The summed E-state index contributed by atoms with van der Waals surface area (Å²) in [4.78, 5) is 50.1. The van der Waals surface area contributed by atoms with Gasteiger partial charge in [0.2, 0.25) is 5.91 Å². The number of hydrogen-bond donors (Lipinski definition) is 1. The average Bonchev–Trinajstić information content (AvgIpc) is 3.23. The molecule has 9 heteroatoms. The Morgan fingerprint density at radius 3 is 2.77 bits per heavy atom. The number of methoxy groups -OCH3 is 1. The van der Waals surface area contributed by atoms with Crippen molar-refractivity contribution in [3.63, 3.8) is 0 Å². The molecule has 3 atom stereocenters. The summed E-state index contributed by atoms with van der Waals surface area (Å²) in [6, 6.07) is -0.167. The minimum Gasteiger partial charge on any atom is -0.377 e. The summed E-state index contributed by atoms with van der Waals surface area (Å²) >= 11 is 0. The number of aromatic amines is 1. The molecule has 1 aromatic rings. The summed E-state index contributed by atoms with van der Waals surface area (Å²) in [5.74, 6) is 0.992. The Kier molecular flexibility index (Phi) is 7.00. The van der Waals surface area contributed by atoms with E-state index in [0.717, 1.165) is 43.6 Å². The smallest absolute Gasteiger partial charge is 0.256 e. The molecule has 0 bridgehead atoms. The highest BCUT2D eigenvalue weighted by atomic mass is 16.5. The highest BCUT2D eigenvalue weighted by Crippen LogP contribution is 2.29. The van der Waals surface area contributed by atoms with Gasteiger partial charge in [0.15, 0.2) is 5.78 Å². The Balaban J connectivity index is 1.16. The van der Waals surface area contributed by atoms with Gasteiger partial charge in [0.1, 0.15) is 5.82 Å². The van der Waals surface area contributed by atoms with Crippen LogP contribution in [0.5, 0.6) is 0 Å². The summed E-state index contributed by atoms with van der Waals surface area (Å²) < 4.78 is 10.8. The number of ether oxygens (including phenoxy) is 2. The molecule has 2 fully saturated rings. The summed E-state index contributed by atoms with van der Waals surface area (Å²) in [6.07, 6.45) is 8.81. The lowest BCUT2D eigenvalue weighted by Gasteiger charge is -2.35. The Bertz CT molecular complexity index is 1100. The second-order valence-electron chi connectivity index (χ2n) is 10.0. The van der Waals surface area contributed by atoms with Crippen molar-refractivity contribution in [2.75, 3.05) is 33.4 Å². The van der Waals surface area contributed by atoms with Crippen molar-refractivity contribution in [3.8, 4) is 0 Å². The van der Waals surface area contributed by atoms with Gasteiger partial charge >= 0.3 is 0 Å². The van der Waals surface area contributed by atoms with E-state index in [1.165, 1.54) is 0 Å². The molecule has 1 aliphatic carbocycles. The van der Waals surface area contributed by atoms with Gasteiger partial charge in [0.25, 0.3) is 5.56 Å². The Morgan fingerprint density at radius 1 is 1.23 bits per heavy atom. The number of piperidine rings is 1. The van der Waals surface area contributed by atoms with E-state index < -0.39 is 0 Å². The number of Topliss-reactive ketones (excluding diaryl/α,β-unsaturated/α-hetero) is 1. The number of H-pyrrole nitrogens is 1. The van der Waals surface area contributed by atoms with Crippen LogP contribution in [0.15, 0.2) is 28.6 Å². The number of ketones is 1. The predicted octanol–water partition coefficient (Wildman–Crippen LogP) is 1.37. The predicted molar refractivity (Wildman–Crippen MR) is 129 cm³/mol.